The monoisotopic (exact) mass is 717 g/mol. The fourth-order valence-corrected chi connectivity index (χ4v) is 8.37. The molecule has 2 aliphatic carbocycles. The van der Waals surface area contributed by atoms with Crippen LogP contribution in [-0.4, -0.2) is 68.9 Å². The third kappa shape index (κ3) is 6.64. The number of aromatic amines is 1. The molecule has 3 heterocycles. The van der Waals surface area contributed by atoms with Crippen molar-refractivity contribution in [1.82, 2.24) is 35.7 Å². The van der Waals surface area contributed by atoms with Crippen LogP contribution in [0.1, 0.15) is 92.3 Å². The molecule has 3 aliphatic rings. The fourth-order valence-electron chi connectivity index (χ4n) is 8.12. The Morgan fingerprint density at radius 3 is 2.49 bits per heavy atom. The molecule has 0 bridgehead atoms. The number of H-pyrrole nitrogens is 1. The summed E-state index contributed by atoms with van der Waals surface area (Å²) in [5, 5.41) is 13.9. The van der Waals surface area contributed by atoms with Crippen LogP contribution in [-0.2, 0) is 26.8 Å². The Hall–Kier alpha value is -4.29. The average Bonchev–Trinajstić information content (AvgIpc) is 3.47. The molecule has 4 aromatic rings. The Morgan fingerprint density at radius 1 is 1.10 bits per heavy atom. The van der Waals surface area contributed by atoms with Crippen LogP contribution in [0.3, 0.4) is 0 Å². The van der Waals surface area contributed by atoms with Crippen molar-refractivity contribution in [3.8, 4) is 0 Å². The van der Waals surface area contributed by atoms with E-state index < -0.39 is 23.2 Å². The van der Waals surface area contributed by atoms with Gasteiger partial charge in [-0.2, -0.15) is 5.10 Å². The number of nitrogens with one attached hydrogen (secondary N) is 4. The van der Waals surface area contributed by atoms with Crippen molar-refractivity contribution in [3.63, 3.8) is 0 Å². The minimum atomic E-state index is -1.35. The highest BCUT2D eigenvalue weighted by Crippen LogP contribution is 2.60. The highest BCUT2D eigenvalue weighted by molar-refractivity contribution is 6.31. The molecule has 3 amide bonds. The van der Waals surface area contributed by atoms with Gasteiger partial charge in [0.25, 0.3) is 5.91 Å². The Kier molecular flexibility index (Phi) is 9.20. The zero-order chi connectivity index (χ0) is 36.1. The van der Waals surface area contributed by atoms with Gasteiger partial charge in [-0.15, -0.1) is 0 Å². The summed E-state index contributed by atoms with van der Waals surface area (Å²) in [5.74, 6) is -0.878. The third-order valence-electron chi connectivity index (χ3n) is 11.3. The predicted molar refractivity (Wildman–Crippen MR) is 191 cm³/mol. The zero-order valence-electron chi connectivity index (χ0n) is 29.4. The number of rotatable bonds is 12. The Labute approximate surface area is 301 Å². The Bertz CT molecular complexity index is 1960. The van der Waals surface area contributed by atoms with E-state index in [1.807, 2.05) is 49.4 Å². The van der Waals surface area contributed by atoms with Gasteiger partial charge in [-0.1, -0.05) is 42.8 Å². The van der Waals surface area contributed by atoms with Crippen LogP contribution in [0.25, 0.3) is 11.0 Å². The summed E-state index contributed by atoms with van der Waals surface area (Å²) in [6, 6.07) is 13.6. The van der Waals surface area contributed by atoms with E-state index in [1.165, 1.54) is 11.6 Å². The smallest absolute Gasteiger partial charge is 0.270 e. The maximum absolute atomic E-state index is 14.5. The van der Waals surface area contributed by atoms with Crippen molar-refractivity contribution in [2.75, 3.05) is 19.8 Å². The highest BCUT2D eigenvalue weighted by Gasteiger charge is 2.52. The molecule has 2 aromatic heterocycles. The number of nitrogens with zero attached hydrogens (tertiary/aromatic N) is 3. The number of imidazole rings is 1. The summed E-state index contributed by atoms with van der Waals surface area (Å²) >= 11 is 6.83. The van der Waals surface area contributed by atoms with E-state index in [4.69, 9.17) is 21.3 Å². The SMILES string of the molecule is CCNC(=O)[C@H](NC(=O)C1(c2ccc3[nH]c([C@@H](NC(=O)c4ccnn4C)[C@H](c4ccccc4Cl)C4(C)CC4)nc3c2)CCOC1)C1CC(C)(F)C1. The molecule has 13 heteroatoms. The van der Waals surface area contributed by atoms with E-state index in [1.54, 1.807) is 19.3 Å². The van der Waals surface area contributed by atoms with Crippen molar-refractivity contribution in [2.24, 2.45) is 18.4 Å². The van der Waals surface area contributed by atoms with Gasteiger partial charge < -0.3 is 25.7 Å². The minimum Gasteiger partial charge on any atom is -0.380 e. The largest absolute Gasteiger partial charge is 0.380 e. The first kappa shape index (κ1) is 35.1. The quantitative estimate of drug-likeness (QED) is 0.154. The Balaban J connectivity index is 1.25. The van der Waals surface area contributed by atoms with Gasteiger partial charge in [0, 0.05) is 37.3 Å². The topological polar surface area (TPSA) is 143 Å². The second-order valence-electron chi connectivity index (χ2n) is 15.1. The predicted octanol–water partition coefficient (Wildman–Crippen LogP) is 5.42. The number of amides is 3. The van der Waals surface area contributed by atoms with Crippen LogP contribution in [0.4, 0.5) is 4.39 Å². The third-order valence-corrected chi connectivity index (χ3v) is 11.6. The molecule has 0 spiro atoms. The molecule has 0 radical (unpaired) electrons. The molecular weight excluding hydrogens is 673 g/mol. The van der Waals surface area contributed by atoms with Gasteiger partial charge in [-0.3, -0.25) is 19.1 Å². The number of fused-ring (bicyclic) bond motifs is 1. The molecule has 4 N–H and O–H groups in total. The minimum absolute atomic E-state index is 0.131. The van der Waals surface area contributed by atoms with Crippen LogP contribution in [0.15, 0.2) is 54.7 Å². The van der Waals surface area contributed by atoms with Crippen molar-refractivity contribution >= 4 is 40.4 Å². The summed E-state index contributed by atoms with van der Waals surface area (Å²) in [6.07, 6.45) is 4.32. The summed E-state index contributed by atoms with van der Waals surface area (Å²) in [7, 11) is 1.72. The molecular formula is C38H45ClFN7O4. The first-order valence-electron chi connectivity index (χ1n) is 17.7. The van der Waals surface area contributed by atoms with Gasteiger partial charge in [-0.25, -0.2) is 9.37 Å². The lowest BCUT2D eigenvalue weighted by atomic mass is 9.69. The molecule has 1 unspecified atom stereocenters. The summed E-state index contributed by atoms with van der Waals surface area (Å²) in [6.45, 7) is 6.44. The summed E-state index contributed by atoms with van der Waals surface area (Å²) in [5.41, 5.74) is 0.832. The molecule has 4 atom stereocenters. The van der Waals surface area contributed by atoms with E-state index in [0.717, 1.165) is 23.9 Å². The number of hydrogen-bond donors (Lipinski definition) is 4. The number of halogens is 2. The number of carbonyl (C=O) groups is 3. The van der Waals surface area contributed by atoms with Crippen molar-refractivity contribution in [2.45, 2.75) is 82.0 Å². The van der Waals surface area contributed by atoms with E-state index >= 15 is 0 Å². The van der Waals surface area contributed by atoms with Crippen molar-refractivity contribution < 1.29 is 23.5 Å². The van der Waals surface area contributed by atoms with E-state index in [2.05, 4.69) is 33.0 Å². The summed E-state index contributed by atoms with van der Waals surface area (Å²) in [4.78, 5) is 49.7. The molecule has 11 nitrogen and oxygen atoms in total. The van der Waals surface area contributed by atoms with Crippen LogP contribution < -0.4 is 16.0 Å². The highest BCUT2D eigenvalue weighted by atomic mass is 35.5. The van der Waals surface area contributed by atoms with E-state index in [-0.39, 0.29) is 54.4 Å². The Morgan fingerprint density at radius 2 is 1.86 bits per heavy atom. The second-order valence-corrected chi connectivity index (χ2v) is 15.5. The maximum Gasteiger partial charge on any atom is 0.270 e. The van der Waals surface area contributed by atoms with Crippen LogP contribution >= 0.6 is 11.6 Å². The lowest BCUT2D eigenvalue weighted by molar-refractivity contribution is -0.136. The van der Waals surface area contributed by atoms with Gasteiger partial charge in [0.1, 0.15) is 23.2 Å². The van der Waals surface area contributed by atoms with Gasteiger partial charge in [0.2, 0.25) is 11.8 Å². The molecule has 2 aromatic carbocycles. The number of aromatic nitrogens is 4. The van der Waals surface area contributed by atoms with Crippen molar-refractivity contribution in [3.05, 3.63) is 82.4 Å². The average molecular weight is 718 g/mol. The van der Waals surface area contributed by atoms with Gasteiger partial charge >= 0.3 is 0 Å². The lowest BCUT2D eigenvalue weighted by Gasteiger charge is -2.43. The zero-order valence-corrected chi connectivity index (χ0v) is 30.1. The molecule has 7 rings (SSSR count). The lowest BCUT2D eigenvalue weighted by Crippen LogP contribution is -2.60. The number of likely N-dealkylation sites (N-methyl/N-ethyl adjacent to an activating group) is 1. The number of alkyl halides is 1. The maximum atomic E-state index is 14.5. The molecule has 2 saturated carbocycles. The van der Waals surface area contributed by atoms with Gasteiger partial charge in [-0.05, 0) is 92.7 Å². The first-order valence-corrected chi connectivity index (χ1v) is 18.1. The van der Waals surface area contributed by atoms with E-state index in [0.29, 0.717) is 47.2 Å². The molecule has 1 aliphatic heterocycles. The second kappa shape index (κ2) is 13.4. The number of carbonyl (C=O) groups excluding carboxylic acids is 3. The molecule has 270 valence electrons. The standard InChI is InChI=1S/C38H45ClFN7O4/c1-5-41-34(49)30(22-19-37(3,40)20-22)46-35(50)38(15-17-51-21-38)23-10-11-26-27(18-23)44-32(43-26)31(45-33(48)28-12-16-42-47(28)4)29(36(2)13-14-36)24-8-6-7-9-25(24)39/h6-12,16,18,22,29-31H,5,13-15,17,19-21H2,1-4H3,(H,41,49)(H,43,44)(H,45,48)(H,46,50)/t22?,29-,30+,31-,37?,38?/m0/s1. The van der Waals surface area contributed by atoms with Crippen LogP contribution in [0.5, 0.6) is 0 Å². The number of ether oxygens (including phenoxy) is 1. The van der Waals surface area contributed by atoms with Gasteiger partial charge in [0.15, 0.2) is 0 Å². The van der Waals surface area contributed by atoms with Crippen LogP contribution in [0, 0.1) is 11.3 Å². The normalized spacial score (nSPS) is 25.4. The van der Waals surface area contributed by atoms with Crippen molar-refractivity contribution in [1.29, 1.82) is 0 Å². The molecule has 51 heavy (non-hydrogen) atoms. The summed E-state index contributed by atoms with van der Waals surface area (Å²) < 4.78 is 21.9. The number of benzene rings is 2. The molecule has 3 fully saturated rings. The number of hydrogen-bond acceptors (Lipinski definition) is 6. The fraction of sp³-hybridized carbons (Fsp3) is 0.500. The first-order chi connectivity index (χ1) is 24.3. The van der Waals surface area contributed by atoms with Crippen LogP contribution in [0.2, 0.25) is 5.02 Å². The van der Waals surface area contributed by atoms with E-state index in [9.17, 15) is 18.8 Å². The number of aryl methyl sites for hydroxylation is 1. The molecule has 1 saturated heterocycles. The van der Waals surface area contributed by atoms with Gasteiger partial charge in [0.05, 0.1) is 29.1 Å².